The van der Waals surface area contributed by atoms with Crippen LogP contribution in [0.2, 0.25) is 0 Å². The Morgan fingerprint density at radius 3 is 2.81 bits per heavy atom. The Labute approximate surface area is 128 Å². The van der Waals surface area contributed by atoms with Gasteiger partial charge in [-0.2, -0.15) is 4.98 Å². The quantitative estimate of drug-likeness (QED) is 0.760. The molecule has 2 aromatic rings. The van der Waals surface area contributed by atoms with Crippen molar-refractivity contribution in [3.8, 4) is 0 Å². The highest BCUT2D eigenvalue weighted by atomic mass is 79.9. The number of sulfonamides is 1. The van der Waals surface area contributed by atoms with Gasteiger partial charge in [0, 0.05) is 13.0 Å². The Balaban J connectivity index is 2.10. The van der Waals surface area contributed by atoms with Crippen LogP contribution in [0, 0.1) is 12.7 Å². The van der Waals surface area contributed by atoms with Crippen LogP contribution in [-0.4, -0.2) is 25.1 Å². The number of aryl methyl sites for hydroxylation is 1. The van der Waals surface area contributed by atoms with Gasteiger partial charge in [0.1, 0.15) is 10.7 Å². The van der Waals surface area contributed by atoms with Crippen molar-refractivity contribution in [1.29, 1.82) is 0 Å². The van der Waals surface area contributed by atoms with Crippen molar-refractivity contribution in [2.75, 3.05) is 12.3 Å². The molecule has 0 atom stereocenters. The minimum atomic E-state index is -3.86. The zero-order chi connectivity index (χ0) is 15.6. The Morgan fingerprint density at radius 2 is 2.19 bits per heavy atom. The molecule has 0 aliphatic rings. The summed E-state index contributed by atoms with van der Waals surface area (Å²) in [5.74, 6) is 0.163. The maximum Gasteiger partial charge on any atom is 0.242 e. The summed E-state index contributed by atoms with van der Waals surface area (Å²) >= 11 is 2.92. The van der Waals surface area contributed by atoms with Crippen LogP contribution in [0.1, 0.15) is 11.7 Å². The summed E-state index contributed by atoms with van der Waals surface area (Å²) in [5, 5.41) is 3.59. The molecule has 0 saturated carbocycles. The van der Waals surface area contributed by atoms with Crippen LogP contribution in [0.15, 0.2) is 26.0 Å². The molecule has 0 amide bonds. The van der Waals surface area contributed by atoms with Gasteiger partial charge >= 0.3 is 0 Å². The van der Waals surface area contributed by atoms with E-state index >= 15 is 0 Å². The van der Waals surface area contributed by atoms with E-state index in [0.29, 0.717) is 11.7 Å². The lowest BCUT2D eigenvalue weighted by Gasteiger charge is -2.09. The van der Waals surface area contributed by atoms with E-state index in [1.54, 1.807) is 6.92 Å². The lowest BCUT2D eigenvalue weighted by molar-refractivity contribution is 0.375. The van der Waals surface area contributed by atoms with Crippen molar-refractivity contribution in [1.82, 2.24) is 14.9 Å². The average molecular weight is 379 g/mol. The molecule has 0 bridgehead atoms. The third kappa shape index (κ3) is 3.77. The highest BCUT2D eigenvalue weighted by molar-refractivity contribution is 9.10. The number of hydrogen-bond donors (Lipinski definition) is 2. The number of nitrogens with two attached hydrogens (primary N) is 1. The first kappa shape index (κ1) is 15.9. The predicted octanol–water partition coefficient (Wildman–Crippen LogP) is 1.38. The summed E-state index contributed by atoms with van der Waals surface area (Å²) in [6.45, 7) is 1.71. The van der Waals surface area contributed by atoms with E-state index in [1.807, 2.05) is 0 Å². The highest BCUT2D eigenvalue weighted by Gasteiger charge is 2.19. The first-order valence-corrected chi connectivity index (χ1v) is 8.10. The van der Waals surface area contributed by atoms with Crippen LogP contribution in [0.25, 0.3) is 0 Å². The number of nitrogens with zero attached hydrogens (tertiary/aromatic N) is 2. The molecule has 0 aliphatic heterocycles. The summed E-state index contributed by atoms with van der Waals surface area (Å²) < 4.78 is 44.7. The molecule has 114 valence electrons. The summed E-state index contributed by atoms with van der Waals surface area (Å²) in [6.07, 6.45) is 0.238. The van der Waals surface area contributed by atoms with E-state index in [2.05, 4.69) is 30.8 Å². The molecule has 0 unspecified atom stereocenters. The van der Waals surface area contributed by atoms with Crippen molar-refractivity contribution < 1.29 is 17.3 Å². The van der Waals surface area contributed by atoms with Crippen molar-refractivity contribution in [2.24, 2.45) is 0 Å². The standard InChI is InChI=1S/C11H12BrFN4O3S/c1-6-16-11(20-17-6)2-3-15-21(18,19)10-4-7(12)8(13)5-9(10)14/h4-5,15H,2-3,14H2,1H3. The van der Waals surface area contributed by atoms with Crippen molar-refractivity contribution >= 4 is 31.6 Å². The van der Waals surface area contributed by atoms with Gasteiger partial charge in [0.25, 0.3) is 0 Å². The van der Waals surface area contributed by atoms with Crippen molar-refractivity contribution in [2.45, 2.75) is 18.2 Å². The Hall–Kier alpha value is -1.52. The molecule has 1 aromatic heterocycles. The zero-order valence-corrected chi connectivity index (χ0v) is 13.3. The third-order valence-electron chi connectivity index (χ3n) is 2.54. The molecule has 0 radical (unpaired) electrons. The maximum absolute atomic E-state index is 13.3. The molecule has 0 spiro atoms. The van der Waals surface area contributed by atoms with Gasteiger partial charge in [-0.3, -0.25) is 0 Å². The third-order valence-corrected chi connectivity index (χ3v) is 4.67. The molecular formula is C11H12BrFN4O3S. The van der Waals surface area contributed by atoms with Gasteiger partial charge in [-0.1, -0.05) is 5.16 Å². The number of nitrogens with one attached hydrogen (secondary N) is 1. The normalized spacial score (nSPS) is 11.8. The number of anilines is 1. The minimum Gasteiger partial charge on any atom is -0.398 e. The molecule has 0 saturated heterocycles. The summed E-state index contributed by atoms with van der Waals surface area (Å²) in [4.78, 5) is 3.76. The van der Waals surface area contributed by atoms with E-state index in [9.17, 15) is 12.8 Å². The van der Waals surface area contributed by atoms with Gasteiger partial charge in [-0.15, -0.1) is 0 Å². The van der Waals surface area contributed by atoms with Gasteiger partial charge in [0.05, 0.1) is 10.2 Å². The van der Waals surface area contributed by atoms with Gasteiger partial charge in [0.2, 0.25) is 15.9 Å². The molecule has 7 nitrogen and oxygen atoms in total. The average Bonchev–Trinajstić information content (AvgIpc) is 2.79. The molecule has 10 heteroatoms. The highest BCUT2D eigenvalue weighted by Crippen LogP contribution is 2.25. The molecule has 3 N–H and O–H groups in total. The number of benzene rings is 1. The van der Waals surface area contributed by atoms with E-state index in [-0.39, 0.29) is 28.0 Å². The summed E-state index contributed by atoms with van der Waals surface area (Å²) in [7, 11) is -3.86. The largest absolute Gasteiger partial charge is 0.398 e. The van der Waals surface area contributed by atoms with Gasteiger partial charge < -0.3 is 10.3 Å². The zero-order valence-electron chi connectivity index (χ0n) is 10.9. The van der Waals surface area contributed by atoms with Gasteiger partial charge in [-0.05, 0) is 35.0 Å². The molecule has 2 rings (SSSR count). The fraction of sp³-hybridized carbons (Fsp3) is 0.273. The predicted molar refractivity (Wildman–Crippen MR) is 76.4 cm³/mol. The van der Waals surface area contributed by atoms with E-state index < -0.39 is 15.8 Å². The first-order chi connectivity index (χ1) is 9.79. The van der Waals surface area contributed by atoms with Crippen LogP contribution in [-0.2, 0) is 16.4 Å². The lowest BCUT2D eigenvalue weighted by Crippen LogP contribution is -2.27. The Kier molecular flexibility index (Phi) is 4.59. The monoisotopic (exact) mass is 378 g/mol. The minimum absolute atomic E-state index is 0.0181. The smallest absolute Gasteiger partial charge is 0.242 e. The van der Waals surface area contributed by atoms with Gasteiger partial charge in [0.15, 0.2) is 5.82 Å². The molecular weight excluding hydrogens is 367 g/mol. The fourth-order valence-electron chi connectivity index (χ4n) is 1.59. The first-order valence-electron chi connectivity index (χ1n) is 5.83. The SMILES string of the molecule is Cc1noc(CCNS(=O)(=O)c2cc(Br)c(F)cc2N)n1. The molecule has 1 aromatic carbocycles. The molecule has 0 fully saturated rings. The summed E-state index contributed by atoms with van der Waals surface area (Å²) in [5.41, 5.74) is 5.37. The van der Waals surface area contributed by atoms with Crippen molar-refractivity contribution in [3.63, 3.8) is 0 Å². The van der Waals surface area contributed by atoms with Crippen LogP contribution >= 0.6 is 15.9 Å². The van der Waals surface area contributed by atoms with E-state index in [4.69, 9.17) is 10.3 Å². The molecule has 0 aliphatic carbocycles. The van der Waals surface area contributed by atoms with Crippen LogP contribution in [0.4, 0.5) is 10.1 Å². The number of halogens is 2. The van der Waals surface area contributed by atoms with Crippen molar-refractivity contribution in [3.05, 3.63) is 34.1 Å². The Morgan fingerprint density at radius 1 is 1.48 bits per heavy atom. The van der Waals surface area contributed by atoms with Crippen LogP contribution in [0.5, 0.6) is 0 Å². The second-order valence-corrected chi connectivity index (χ2v) is 6.78. The van der Waals surface area contributed by atoms with Crippen LogP contribution in [0.3, 0.4) is 0 Å². The fourth-order valence-corrected chi connectivity index (χ4v) is 3.25. The lowest BCUT2D eigenvalue weighted by atomic mass is 10.3. The number of hydrogen-bond acceptors (Lipinski definition) is 6. The van der Waals surface area contributed by atoms with Gasteiger partial charge in [-0.25, -0.2) is 17.5 Å². The Bertz CT molecular complexity index is 763. The summed E-state index contributed by atoms with van der Waals surface area (Å²) in [6, 6.07) is 2.06. The second-order valence-electron chi connectivity index (χ2n) is 4.19. The maximum atomic E-state index is 13.3. The molecule has 1 heterocycles. The number of aromatic nitrogens is 2. The number of nitrogen functional groups attached to an aromatic ring is 1. The number of rotatable bonds is 5. The van der Waals surface area contributed by atoms with Crippen LogP contribution < -0.4 is 10.5 Å². The topological polar surface area (TPSA) is 111 Å². The van der Waals surface area contributed by atoms with E-state index in [1.165, 1.54) is 0 Å². The second kappa shape index (κ2) is 6.08. The molecule has 21 heavy (non-hydrogen) atoms. The van der Waals surface area contributed by atoms with E-state index in [0.717, 1.165) is 12.1 Å².